The molecule has 0 bridgehead atoms. The van der Waals surface area contributed by atoms with E-state index >= 15 is 0 Å². The minimum Gasteiger partial charge on any atom is -0.385 e. The average Bonchev–Trinajstić information content (AvgIpc) is 2.99. The molecule has 106 valence electrons. The maximum atomic E-state index is 12.1. The molecule has 2 aromatic heterocycles. The van der Waals surface area contributed by atoms with Gasteiger partial charge < -0.3 is 10.6 Å². The quantitative estimate of drug-likeness (QED) is 0.742. The first-order chi connectivity index (χ1) is 9.70. The summed E-state index contributed by atoms with van der Waals surface area (Å²) in [5.74, 6) is 0.368. The van der Waals surface area contributed by atoms with Crippen LogP contribution in [0, 0.1) is 0 Å². The Bertz CT molecular complexity index is 554. The Morgan fingerprint density at radius 3 is 3.00 bits per heavy atom. The molecule has 0 aliphatic rings. The summed E-state index contributed by atoms with van der Waals surface area (Å²) < 4.78 is 0. The standard InChI is InChI=1S/C13H18N6O/c1-3-5-14-10-4-6-15-11(7-10)13(20)18-9(2)12-16-8-17-19-12/h4,6-9H,3,5H2,1-2H3,(H,14,15)(H,18,20)(H,16,17,19). The molecule has 0 spiro atoms. The molecule has 0 radical (unpaired) electrons. The molecule has 0 saturated heterocycles. The fourth-order valence-electron chi connectivity index (χ4n) is 1.70. The lowest BCUT2D eigenvalue weighted by Crippen LogP contribution is -2.28. The maximum absolute atomic E-state index is 12.1. The minimum absolute atomic E-state index is 0.242. The molecule has 2 aromatic rings. The van der Waals surface area contributed by atoms with Crippen LogP contribution in [-0.4, -0.2) is 32.6 Å². The summed E-state index contributed by atoms with van der Waals surface area (Å²) in [6.45, 7) is 4.78. The van der Waals surface area contributed by atoms with Gasteiger partial charge >= 0.3 is 0 Å². The smallest absolute Gasteiger partial charge is 0.270 e. The van der Waals surface area contributed by atoms with Crippen molar-refractivity contribution in [1.29, 1.82) is 0 Å². The van der Waals surface area contributed by atoms with Crippen LogP contribution in [0.15, 0.2) is 24.7 Å². The van der Waals surface area contributed by atoms with Gasteiger partial charge in [0.2, 0.25) is 0 Å². The highest BCUT2D eigenvalue weighted by molar-refractivity contribution is 5.93. The van der Waals surface area contributed by atoms with Crippen LogP contribution in [0.4, 0.5) is 5.69 Å². The summed E-state index contributed by atoms with van der Waals surface area (Å²) in [7, 11) is 0. The van der Waals surface area contributed by atoms with E-state index in [0.717, 1.165) is 18.7 Å². The fraction of sp³-hybridized carbons (Fsp3) is 0.385. The number of rotatable bonds is 6. The number of hydrogen-bond donors (Lipinski definition) is 3. The molecular weight excluding hydrogens is 256 g/mol. The molecule has 2 heterocycles. The molecule has 1 amide bonds. The van der Waals surface area contributed by atoms with E-state index in [2.05, 4.69) is 37.7 Å². The van der Waals surface area contributed by atoms with Gasteiger partial charge in [-0.25, -0.2) is 4.98 Å². The number of aromatic nitrogens is 4. The van der Waals surface area contributed by atoms with E-state index in [1.165, 1.54) is 6.33 Å². The van der Waals surface area contributed by atoms with Crippen LogP contribution in [-0.2, 0) is 0 Å². The van der Waals surface area contributed by atoms with Gasteiger partial charge in [-0.15, -0.1) is 0 Å². The number of carbonyl (C=O) groups is 1. The molecule has 0 fully saturated rings. The Labute approximate surface area is 117 Å². The third kappa shape index (κ3) is 3.53. The molecule has 1 atom stereocenters. The van der Waals surface area contributed by atoms with E-state index < -0.39 is 0 Å². The number of amides is 1. The van der Waals surface area contributed by atoms with Crippen molar-refractivity contribution in [2.75, 3.05) is 11.9 Å². The largest absolute Gasteiger partial charge is 0.385 e. The van der Waals surface area contributed by atoms with E-state index in [1.54, 1.807) is 12.3 Å². The van der Waals surface area contributed by atoms with E-state index in [4.69, 9.17) is 0 Å². The summed E-state index contributed by atoms with van der Waals surface area (Å²) in [6.07, 6.45) is 4.05. The summed E-state index contributed by atoms with van der Waals surface area (Å²) >= 11 is 0. The predicted molar refractivity (Wildman–Crippen MR) is 75.3 cm³/mol. The van der Waals surface area contributed by atoms with Gasteiger partial charge in [0.15, 0.2) is 0 Å². The second kappa shape index (κ2) is 6.65. The normalized spacial score (nSPS) is 11.9. The molecular formula is C13H18N6O. The van der Waals surface area contributed by atoms with Crippen LogP contribution in [0.1, 0.15) is 42.6 Å². The Hall–Kier alpha value is -2.44. The van der Waals surface area contributed by atoms with Gasteiger partial charge in [0.05, 0.1) is 6.04 Å². The van der Waals surface area contributed by atoms with Gasteiger partial charge in [-0.3, -0.25) is 14.9 Å². The van der Waals surface area contributed by atoms with Crippen molar-refractivity contribution in [2.45, 2.75) is 26.3 Å². The second-order valence-corrected chi connectivity index (χ2v) is 4.42. The number of H-pyrrole nitrogens is 1. The first-order valence-electron chi connectivity index (χ1n) is 6.56. The third-order valence-electron chi connectivity index (χ3n) is 2.76. The van der Waals surface area contributed by atoms with Crippen molar-refractivity contribution in [1.82, 2.24) is 25.5 Å². The van der Waals surface area contributed by atoms with Gasteiger partial charge in [0.1, 0.15) is 17.8 Å². The topological polar surface area (TPSA) is 95.6 Å². The van der Waals surface area contributed by atoms with E-state index in [9.17, 15) is 4.79 Å². The van der Waals surface area contributed by atoms with Crippen molar-refractivity contribution < 1.29 is 4.79 Å². The van der Waals surface area contributed by atoms with Crippen LogP contribution in [0.2, 0.25) is 0 Å². The highest BCUT2D eigenvalue weighted by atomic mass is 16.1. The predicted octanol–water partition coefficient (Wildman–Crippen LogP) is 1.51. The number of aromatic amines is 1. The molecule has 20 heavy (non-hydrogen) atoms. The fourth-order valence-corrected chi connectivity index (χ4v) is 1.70. The zero-order chi connectivity index (χ0) is 14.4. The Morgan fingerprint density at radius 2 is 2.30 bits per heavy atom. The Morgan fingerprint density at radius 1 is 1.45 bits per heavy atom. The number of nitrogens with one attached hydrogen (secondary N) is 3. The Kier molecular flexibility index (Phi) is 4.65. The first kappa shape index (κ1) is 14.0. The lowest BCUT2D eigenvalue weighted by atomic mass is 10.2. The summed E-state index contributed by atoms with van der Waals surface area (Å²) in [4.78, 5) is 20.2. The van der Waals surface area contributed by atoms with Crippen LogP contribution in [0.3, 0.4) is 0 Å². The third-order valence-corrected chi connectivity index (χ3v) is 2.76. The lowest BCUT2D eigenvalue weighted by molar-refractivity contribution is 0.0933. The van der Waals surface area contributed by atoms with E-state index in [-0.39, 0.29) is 11.9 Å². The molecule has 0 aliphatic heterocycles. The molecule has 2 rings (SSSR count). The molecule has 0 saturated carbocycles. The summed E-state index contributed by atoms with van der Waals surface area (Å²) in [5.41, 5.74) is 1.26. The van der Waals surface area contributed by atoms with E-state index in [1.807, 2.05) is 13.0 Å². The van der Waals surface area contributed by atoms with Gasteiger partial charge in [-0.05, 0) is 25.5 Å². The monoisotopic (exact) mass is 274 g/mol. The minimum atomic E-state index is -0.251. The van der Waals surface area contributed by atoms with Crippen LogP contribution in [0.25, 0.3) is 0 Å². The van der Waals surface area contributed by atoms with E-state index in [0.29, 0.717) is 11.5 Å². The van der Waals surface area contributed by atoms with Crippen molar-refractivity contribution in [3.8, 4) is 0 Å². The highest BCUT2D eigenvalue weighted by Gasteiger charge is 2.14. The van der Waals surface area contributed by atoms with Crippen LogP contribution in [0.5, 0.6) is 0 Å². The van der Waals surface area contributed by atoms with Crippen molar-refractivity contribution in [2.24, 2.45) is 0 Å². The average molecular weight is 274 g/mol. The summed E-state index contributed by atoms with van der Waals surface area (Å²) in [5, 5.41) is 12.5. The number of pyridine rings is 1. The van der Waals surface area contributed by atoms with Gasteiger partial charge in [0.25, 0.3) is 5.91 Å². The van der Waals surface area contributed by atoms with Crippen molar-refractivity contribution >= 4 is 11.6 Å². The van der Waals surface area contributed by atoms with Crippen LogP contribution >= 0.6 is 0 Å². The van der Waals surface area contributed by atoms with Gasteiger partial charge in [0, 0.05) is 18.4 Å². The number of hydrogen-bond acceptors (Lipinski definition) is 5. The van der Waals surface area contributed by atoms with Crippen molar-refractivity contribution in [3.05, 3.63) is 36.2 Å². The second-order valence-electron chi connectivity index (χ2n) is 4.42. The molecule has 0 aliphatic carbocycles. The van der Waals surface area contributed by atoms with Gasteiger partial charge in [-0.1, -0.05) is 6.92 Å². The SMILES string of the molecule is CCCNc1ccnc(C(=O)NC(C)c2ncn[nH]2)c1. The zero-order valence-electron chi connectivity index (χ0n) is 11.6. The molecule has 1 unspecified atom stereocenters. The number of nitrogens with zero attached hydrogens (tertiary/aromatic N) is 3. The Balaban J connectivity index is 2.01. The molecule has 0 aromatic carbocycles. The number of carbonyl (C=O) groups excluding carboxylic acids is 1. The first-order valence-corrected chi connectivity index (χ1v) is 6.56. The molecule has 3 N–H and O–H groups in total. The number of anilines is 1. The molecule has 7 nitrogen and oxygen atoms in total. The lowest BCUT2D eigenvalue weighted by Gasteiger charge is -2.11. The highest BCUT2D eigenvalue weighted by Crippen LogP contribution is 2.10. The van der Waals surface area contributed by atoms with Crippen molar-refractivity contribution in [3.63, 3.8) is 0 Å². The van der Waals surface area contributed by atoms with Gasteiger partial charge in [-0.2, -0.15) is 5.10 Å². The maximum Gasteiger partial charge on any atom is 0.270 e. The summed E-state index contributed by atoms with van der Waals surface area (Å²) in [6, 6.07) is 3.32. The molecule has 7 heteroatoms. The van der Waals surface area contributed by atoms with Crippen LogP contribution < -0.4 is 10.6 Å². The zero-order valence-corrected chi connectivity index (χ0v) is 11.6.